The number of carbonyl (C=O) groups excluding carboxylic acids is 2. The van der Waals surface area contributed by atoms with Gasteiger partial charge in [0, 0.05) is 5.02 Å². The summed E-state index contributed by atoms with van der Waals surface area (Å²) in [6, 6.07) is 6.21. The normalized spacial score (nSPS) is 18.1. The summed E-state index contributed by atoms with van der Waals surface area (Å²) < 4.78 is 4.86. The first kappa shape index (κ1) is 13.4. The van der Waals surface area contributed by atoms with Gasteiger partial charge in [-0.25, -0.2) is 9.59 Å². The Bertz CT molecular complexity index is 525. The van der Waals surface area contributed by atoms with E-state index in [1.54, 1.807) is 37.3 Å². The molecule has 2 N–H and O–H groups in total. The molecule has 0 fully saturated rings. The lowest BCUT2D eigenvalue weighted by atomic mass is 10.0. The van der Waals surface area contributed by atoms with E-state index in [0.717, 1.165) is 5.56 Å². The van der Waals surface area contributed by atoms with Gasteiger partial charge in [0.1, 0.15) is 5.70 Å². The van der Waals surface area contributed by atoms with Crippen LogP contribution in [0.3, 0.4) is 0 Å². The van der Waals surface area contributed by atoms with Crippen molar-refractivity contribution in [2.45, 2.75) is 13.0 Å². The van der Waals surface area contributed by atoms with Gasteiger partial charge in [-0.15, -0.1) is 0 Å². The van der Waals surface area contributed by atoms with Crippen LogP contribution in [0.4, 0.5) is 4.79 Å². The predicted octanol–water partition coefficient (Wildman–Crippen LogP) is 2.14. The molecule has 1 unspecified atom stereocenters. The summed E-state index contributed by atoms with van der Waals surface area (Å²) in [5.74, 6) is -0.545. The fraction of sp³-hybridized carbons (Fsp3) is 0.231. The Hall–Kier alpha value is -2.01. The lowest BCUT2D eigenvalue weighted by Crippen LogP contribution is -2.43. The number of nitrogens with one attached hydrogen (secondary N) is 2. The molecule has 1 atom stereocenters. The number of hydrogen-bond donors (Lipinski definition) is 2. The fourth-order valence-corrected chi connectivity index (χ4v) is 1.85. The van der Waals surface area contributed by atoms with Crippen molar-refractivity contribution in [2.75, 3.05) is 6.61 Å². The molecule has 0 radical (unpaired) electrons. The molecule has 6 heteroatoms. The number of amides is 2. The number of benzene rings is 1. The minimum absolute atomic E-state index is 0.144. The average Bonchev–Trinajstić information content (AvgIpc) is 2.39. The highest BCUT2D eigenvalue weighted by molar-refractivity contribution is 6.30. The number of ether oxygens (including phenoxy) is 1. The molecule has 0 spiro atoms. The van der Waals surface area contributed by atoms with Crippen molar-refractivity contribution in [3.8, 4) is 0 Å². The summed E-state index contributed by atoms with van der Waals surface area (Å²) in [7, 11) is 0. The second kappa shape index (κ2) is 5.75. The van der Waals surface area contributed by atoms with Crippen LogP contribution in [-0.2, 0) is 9.53 Å². The SMILES string of the molecule is CCOC(=O)C1=CC(c2ccc(Cl)cc2)NC(=O)N1. The molecule has 1 aliphatic heterocycles. The lowest BCUT2D eigenvalue weighted by molar-refractivity contribution is -0.138. The van der Waals surface area contributed by atoms with Gasteiger partial charge in [-0.1, -0.05) is 23.7 Å². The van der Waals surface area contributed by atoms with Gasteiger partial charge in [0.05, 0.1) is 12.6 Å². The van der Waals surface area contributed by atoms with Gasteiger partial charge in [0.2, 0.25) is 0 Å². The largest absolute Gasteiger partial charge is 0.461 e. The van der Waals surface area contributed by atoms with Crippen LogP contribution in [0.25, 0.3) is 0 Å². The van der Waals surface area contributed by atoms with Gasteiger partial charge in [-0.2, -0.15) is 0 Å². The number of halogens is 1. The van der Waals surface area contributed by atoms with Gasteiger partial charge >= 0.3 is 12.0 Å². The smallest absolute Gasteiger partial charge is 0.354 e. The molecule has 19 heavy (non-hydrogen) atoms. The summed E-state index contributed by atoms with van der Waals surface area (Å²) in [5, 5.41) is 5.73. The molecule has 0 saturated carbocycles. The average molecular weight is 281 g/mol. The van der Waals surface area contributed by atoms with Gasteiger partial charge in [-0.3, -0.25) is 0 Å². The zero-order valence-electron chi connectivity index (χ0n) is 10.3. The molecule has 1 aliphatic rings. The van der Waals surface area contributed by atoms with Crippen molar-refractivity contribution in [3.05, 3.63) is 46.6 Å². The summed E-state index contributed by atoms with van der Waals surface area (Å²) in [4.78, 5) is 23.2. The van der Waals surface area contributed by atoms with Gasteiger partial charge in [0.25, 0.3) is 0 Å². The van der Waals surface area contributed by atoms with Gasteiger partial charge in [-0.05, 0) is 30.7 Å². The quantitative estimate of drug-likeness (QED) is 0.834. The van der Waals surface area contributed by atoms with Crippen LogP contribution >= 0.6 is 11.6 Å². The van der Waals surface area contributed by atoms with E-state index in [0.29, 0.717) is 5.02 Å². The molecular formula is C13H13ClN2O3. The molecule has 5 nitrogen and oxygen atoms in total. The van der Waals surface area contributed by atoms with E-state index in [1.165, 1.54) is 0 Å². The van der Waals surface area contributed by atoms with Gasteiger partial charge < -0.3 is 15.4 Å². The van der Waals surface area contributed by atoms with Crippen LogP contribution in [-0.4, -0.2) is 18.6 Å². The molecule has 100 valence electrons. The van der Waals surface area contributed by atoms with Crippen molar-refractivity contribution in [1.29, 1.82) is 0 Å². The second-order valence-corrected chi connectivity index (χ2v) is 4.36. The number of rotatable bonds is 3. The van der Waals surface area contributed by atoms with Crippen LogP contribution in [0.15, 0.2) is 36.0 Å². The first-order chi connectivity index (χ1) is 9.10. The van der Waals surface area contributed by atoms with Crippen molar-refractivity contribution < 1.29 is 14.3 Å². The first-order valence-electron chi connectivity index (χ1n) is 5.82. The zero-order valence-corrected chi connectivity index (χ0v) is 11.0. The highest BCUT2D eigenvalue weighted by Gasteiger charge is 2.24. The van der Waals surface area contributed by atoms with E-state index in [2.05, 4.69) is 10.6 Å². The van der Waals surface area contributed by atoms with Crippen molar-refractivity contribution in [2.24, 2.45) is 0 Å². The molecule has 0 aliphatic carbocycles. The summed E-state index contributed by atoms with van der Waals surface area (Å²) in [5.41, 5.74) is 0.978. The van der Waals surface area contributed by atoms with Crippen LogP contribution in [0, 0.1) is 0 Å². The summed E-state index contributed by atoms with van der Waals surface area (Å²) in [6.07, 6.45) is 1.61. The van der Waals surface area contributed by atoms with E-state index in [4.69, 9.17) is 16.3 Å². The Labute approximate surface area is 115 Å². The van der Waals surface area contributed by atoms with E-state index >= 15 is 0 Å². The first-order valence-corrected chi connectivity index (χ1v) is 6.20. The Kier molecular flexibility index (Phi) is 4.06. The molecule has 0 saturated heterocycles. The van der Waals surface area contributed by atoms with E-state index in [-0.39, 0.29) is 18.3 Å². The highest BCUT2D eigenvalue weighted by atomic mass is 35.5. The molecule has 1 heterocycles. The molecular weight excluding hydrogens is 268 g/mol. The topological polar surface area (TPSA) is 67.4 Å². The van der Waals surface area contributed by atoms with Crippen molar-refractivity contribution in [3.63, 3.8) is 0 Å². The maximum Gasteiger partial charge on any atom is 0.354 e. The van der Waals surface area contributed by atoms with Crippen LogP contribution in [0.1, 0.15) is 18.5 Å². The van der Waals surface area contributed by atoms with E-state index in [9.17, 15) is 9.59 Å². The Morgan fingerprint density at radius 1 is 1.37 bits per heavy atom. The maximum absolute atomic E-state index is 11.6. The number of esters is 1. The molecule has 2 amide bonds. The predicted molar refractivity (Wildman–Crippen MR) is 70.6 cm³/mol. The van der Waals surface area contributed by atoms with Crippen LogP contribution in [0.5, 0.6) is 0 Å². The lowest BCUT2D eigenvalue weighted by Gasteiger charge is -2.23. The van der Waals surface area contributed by atoms with Crippen molar-refractivity contribution >= 4 is 23.6 Å². The van der Waals surface area contributed by atoms with E-state index < -0.39 is 12.0 Å². The van der Waals surface area contributed by atoms with Gasteiger partial charge in [0.15, 0.2) is 0 Å². The summed E-state index contributed by atoms with van der Waals surface area (Å²) in [6.45, 7) is 1.96. The molecule has 0 bridgehead atoms. The number of hydrogen-bond acceptors (Lipinski definition) is 3. The molecule has 2 rings (SSSR count). The maximum atomic E-state index is 11.6. The molecule has 1 aromatic carbocycles. The fourth-order valence-electron chi connectivity index (χ4n) is 1.73. The van der Waals surface area contributed by atoms with Crippen LogP contribution in [0.2, 0.25) is 5.02 Å². The molecule has 1 aromatic rings. The zero-order chi connectivity index (χ0) is 13.8. The van der Waals surface area contributed by atoms with Crippen LogP contribution < -0.4 is 10.6 Å². The monoisotopic (exact) mass is 280 g/mol. The third-order valence-electron chi connectivity index (χ3n) is 2.59. The minimum atomic E-state index is -0.545. The number of urea groups is 1. The minimum Gasteiger partial charge on any atom is -0.461 e. The Balaban J connectivity index is 2.25. The highest BCUT2D eigenvalue weighted by Crippen LogP contribution is 2.20. The second-order valence-electron chi connectivity index (χ2n) is 3.93. The Morgan fingerprint density at radius 2 is 2.05 bits per heavy atom. The number of carbonyl (C=O) groups is 2. The Morgan fingerprint density at radius 3 is 2.68 bits per heavy atom. The summed E-state index contributed by atoms with van der Waals surface area (Å²) >= 11 is 5.81. The third kappa shape index (κ3) is 3.26. The third-order valence-corrected chi connectivity index (χ3v) is 2.84. The van der Waals surface area contributed by atoms with E-state index in [1.807, 2.05) is 0 Å². The molecule has 0 aromatic heterocycles. The standard InChI is InChI=1S/C13H13ClN2O3/c1-2-19-12(17)11-7-10(15-13(18)16-11)8-3-5-9(14)6-4-8/h3-7,10H,2H2,1H3,(H2,15,16,18). The van der Waals surface area contributed by atoms with Crippen molar-refractivity contribution in [1.82, 2.24) is 10.6 Å².